The van der Waals surface area contributed by atoms with Crippen LogP contribution in [0.4, 0.5) is 5.82 Å². The fourth-order valence-electron chi connectivity index (χ4n) is 2.68. The molecule has 0 aromatic carbocycles. The largest absolute Gasteiger partial charge is 0.353 e. The van der Waals surface area contributed by atoms with Crippen LogP contribution in [0.3, 0.4) is 0 Å². The first kappa shape index (κ1) is 10.1. The van der Waals surface area contributed by atoms with Crippen LogP contribution in [0.15, 0.2) is 0 Å². The minimum Gasteiger partial charge on any atom is -0.353 e. The van der Waals surface area contributed by atoms with Gasteiger partial charge >= 0.3 is 0 Å². The van der Waals surface area contributed by atoms with Crippen LogP contribution in [-0.4, -0.2) is 29.3 Å². The van der Waals surface area contributed by atoms with Crippen LogP contribution in [0.25, 0.3) is 0 Å². The Hall–Kier alpha value is -1.03. The van der Waals surface area contributed by atoms with Gasteiger partial charge in [-0.25, -0.2) is 0 Å². The van der Waals surface area contributed by atoms with Gasteiger partial charge in [0, 0.05) is 36.3 Å². The Bertz CT molecular complexity index is 380. The van der Waals surface area contributed by atoms with Crippen molar-refractivity contribution >= 4 is 5.82 Å². The van der Waals surface area contributed by atoms with Crippen LogP contribution in [0.5, 0.6) is 0 Å². The lowest BCUT2D eigenvalue weighted by Crippen LogP contribution is -2.43. The van der Waals surface area contributed by atoms with E-state index in [0.717, 1.165) is 31.2 Å². The first-order valence-electron chi connectivity index (χ1n) is 6.31. The maximum atomic E-state index is 6.01. The zero-order valence-electron chi connectivity index (χ0n) is 9.87. The fraction of sp³-hybridized carbons (Fsp3) is 0.750. The molecule has 1 unspecified atom stereocenters. The number of nitrogens with zero attached hydrogens (tertiary/aromatic N) is 2. The van der Waals surface area contributed by atoms with Gasteiger partial charge in [0.1, 0.15) is 0 Å². The molecule has 4 nitrogen and oxygen atoms in total. The summed E-state index contributed by atoms with van der Waals surface area (Å²) in [6.07, 6.45) is 4.98. The molecule has 16 heavy (non-hydrogen) atoms. The van der Waals surface area contributed by atoms with E-state index in [4.69, 9.17) is 5.73 Å². The molecule has 1 saturated carbocycles. The van der Waals surface area contributed by atoms with Gasteiger partial charge < -0.3 is 10.6 Å². The van der Waals surface area contributed by atoms with E-state index < -0.39 is 0 Å². The molecule has 1 aromatic heterocycles. The summed E-state index contributed by atoms with van der Waals surface area (Å²) in [5.41, 5.74) is 8.71. The number of anilines is 1. The highest BCUT2D eigenvalue weighted by molar-refractivity contribution is 5.50. The maximum Gasteiger partial charge on any atom is 0.153 e. The van der Waals surface area contributed by atoms with Crippen molar-refractivity contribution in [2.75, 3.05) is 18.0 Å². The molecule has 1 atom stereocenters. The highest BCUT2D eigenvalue weighted by atomic mass is 15.3. The van der Waals surface area contributed by atoms with Crippen LogP contribution >= 0.6 is 0 Å². The van der Waals surface area contributed by atoms with Crippen LogP contribution in [0, 0.1) is 6.92 Å². The quantitative estimate of drug-likeness (QED) is 0.794. The third kappa shape index (κ3) is 1.71. The molecule has 2 heterocycles. The van der Waals surface area contributed by atoms with Crippen molar-refractivity contribution in [3.63, 3.8) is 0 Å². The van der Waals surface area contributed by atoms with Crippen molar-refractivity contribution in [3.05, 3.63) is 11.3 Å². The Labute approximate surface area is 96.2 Å². The van der Waals surface area contributed by atoms with Gasteiger partial charge in [-0.3, -0.25) is 5.10 Å². The molecule has 1 saturated heterocycles. The molecule has 4 heteroatoms. The molecule has 1 aromatic rings. The normalized spacial score (nSPS) is 26.1. The topological polar surface area (TPSA) is 57.9 Å². The second-order valence-electron chi connectivity index (χ2n) is 5.21. The van der Waals surface area contributed by atoms with Gasteiger partial charge in [0.2, 0.25) is 0 Å². The van der Waals surface area contributed by atoms with E-state index in [2.05, 4.69) is 22.0 Å². The minimum atomic E-state index is 0.314. The van der Waals surface area contributed by atoms with Gasteiger partial charge in [-0.15, -0.1) is 0 Å². The second-order valence-corrected chi connectivity index (χ2v) is 5.21. The van der Waals surface area contributed by atoms with Gasteiger partial charge in [0.05, 0.1) is 0 Å². The summed E-state index contributed by atoms with van der Waals surface area (Å²) in [4.78, 5) is 2.34. The van der Waals surface area contributed by atoms with Crippen molar-refractivity contribution in [2.24, 2.45) is 5.73 Å². The third-order valence-electron chi connectivity index (χ3n) is 3.76. The van der Waals surface area contributed by atoms with Crippen LogP contribution in [0.1, 0.15) is 42.9 Å². The number of H-pyrrole nitrogens is 1. The molecule has 3 rings (SSSR count). The monoisotopic (exact) mass is 220 g/mol. The molecule has 3 N–H and O–H groups in total. The van der Waals surface area contributed by atoms with Crippen molar-refractivity contribution in [3.8, 4) is 0 Å². The molecule has 0 radical (unpaired) electrons. The van der Waals surface area contributed by atoms with Gasteiger partial charge in [-0.2, -0.15) is 5.10 Å². The molecule has 1 aliphatic heterocycles. The Morgan fingerprint density at radius 1 is 1.38 bits per heavy atom. The predicted octanol–water partition coefficient (Wildman–Crippen LogP) is 1.52. The Morgan fingerprint density at radius 2 is 2.19 bits per heavy atom. The summed E-state index contributed by atoms with van der Waals surface area (Å²) >= 11 is 0. The molecule has 2 aliphatic rings. The summed E-state index contributed by atoms with van der Waals surface area (Å²) in [6, 6.07) is 0.314. The third-order valence-corrected chi connectivity index (χ3v) is 3.76. The van der Waals surface area contributed by atoms with Crippen molar-refractivity contribution < 1.29 is 0 Å². The predicted molar refractivity (Wildman–Crippen MR) is 64.7 cm³/mol. The number of nitrogens with one attached hydrogen (secondary N) is 1. The average Bonchev–Trinajstić information content (AvgIpc) is 3.03. The van der Waals surface area contributed by atoms with Gasteiger partial charge in [-0.05, 0) is 32.6 Å². The van der Waals surface area contributed by atoms with Crippen LogP contribution in [0.2, 0.25) is 0 Å². The molecular formula is C12H20N4. The van der Waals surface area contributed by atoms with E-state index in [-0.39, 0.29) is 0 Å². The molecular weight excluding hydrogens is 200 g/mol. The highest BCUT2D eigenvalue weighted by Gasteiger charge is 2.30. The Morgan fingerprint density at radius 3 is 2.88 bits per heavy atom. The first-order valence-corrected chi connectivity index (χ1v) is 6.31. The summed E-state index contributed by atoms with van der Waals surface area (Å²) in [5, 5.41) is 7.70. The SMILES string of the molecule is Cc1c(N2CCCC(N)C2)n[nH]c1C1CC1. The lowest BCUT2D eigenvalue weighted by atomic mass is 10.1. The number of rotatable bonds is 2. The number of aromatic amines is 1. The van der Waals surface area contributed by atoms with Crippen molar-refractivity contribution in [1.82, 2.24) is 10.2 Å². The zero-order chi connectivity index (χ0) is 11.1. The Balaban J connectivity index is 1.82. The highest BCUT2D eigenvalue weighted by Crippen LogP contribution is 2.42. The average molecular weight is 220 g/mol. The van der Waals surface area contributed by atoms with E-state index >= 15 is 0 Å². The molecule has 1 aliphatic carbocycles. The molecule has 0 bridgehead atoms. The number of hydrogen-bond donors (Lipinski definition) is 2. The molecule has 0 spiro atoms. The van der Waals surface area contributed by atoms with Gasteiger partial charge in [-0.1, -0.05) is 0 Å². The van der Waals surface area contributed by atoms with Crippen LogP contribution in [-0.2, 0) is 0 Å². The first-order chi connectivity index (χ1) is 7.75. The van der Waals surface area contributed by atoms with Crippen molar-refractivity contribution in [2.45, 2.75) is 44.6 Å². The van der Waals surface area contributed by atoms with Crippen LogP contribution < -0.4 is 10.6 Å². The van der Waals surface area contributed by atoms with E-state index in [9.17, 15) is 0 Å². The van der Waals surface area contributed by atoms with E-state index in [1.165, 1.54) is 30.5 Å². The molecule has 2 fully saturated rings. The number of piperidine rings is 1. The summed E-state index contributed by atoms with van der Waals surface area (Å²) < 4.78 is 0. The second kappa shape index (κ2) is 3.77. The minimum absolute atomic E-state index is 0.314. The smallest absolute Gasteiger partial charge is 0.153 e. The van der Waals surface area contributed by atoms with Crippen molar-refractivity contribution in [1.29, 1.82) is 0 Å². The lowest BCUT2D eigenvalue weighted by molar-refractivity contribution is 0.502. The van der Waals surface area contributed by atoms with E-state index in [0.29, 0.717) is 6.04 Å². The van der Waals surface area contributed by atoms with E-state index in [1.807, 2.05) is 0 Å². The standard InChI is InChI=1S/C12H20N4/c1-8-11(9-4-5-9)14-15-12(8)16-6-2-3-10(13)7-16/h9-10H,2-7,13H2,1H3,(H,14,15). The summed E-state index contributed by atoms with van der Waals surface area (Å²) in [6.45, 7) is 4.24. The fourth-order valence-corrected chi connectivity index (χ4v) is 2.68. The molecule has 88 valence electrons. The number of hydrogen-bond acceptors (Lipinski definition) is 3. The summed E-state index contributed by atoms with van der Waals surface area (Å²) in [5.74, 6) is 1.89. The number of nitrogens with two attached hydrogens (primary N) is 1. The molecule has 0 amide bonds. The zero-order valence-corrected chi connectivity index (χ0v) is 9.87. The lowest BCUT2D eigenvalue weighted by Gasteiger charge is -2.31. The Kier molecular flexibility index (Phi) is 2.39. The van der Waals surface area contributed by atoms with Gasteiger partial charge in [0.25, 0.3) is 0 Å². The maximum absolute atomic E-state index is 6.01. The van der Waals surface area contributed by atoms with Gasteiger partial charge in [0.15, 0.2) is 5.82 Å². The number of aromatic nitrogens is 2. The summed E-state index contributed by atoms with van der Waals surface area (Å²) in [7, 11) is 0. The van der Waals surface area contributed by atoms with E-state index in [1.54, 1.807) is 0 Å².